The van der Waals surface area contributed by atoms with Gasteiger partial charge in [-0.3, -0.25) is 4.99 Å². The van der Waals surface area contributed by atoms with Crippen LogP contribution in [0.25, 0.3) is 0 Å². The first-order chi connectivity index (χ1) is 13.7. The smallest absolute Gasteiger partial charge is 0.193 e. The van der Waals surface area contributed by atoms with Crippen molar-refractivity contribution in [2.75, 3.05) is 46.5 Å². The van der Waals surface area contributed by atoms with E-state index in [9.17, 15) is 0 Å². The molecule has 28 heavy (non-hydrogen) atoms. The number of methoxy groups -OCH3 is 1. The number of ether oxygens (including phenoxy) is 2. The van der Waals surface area contributed by atoms with E-state index in [0.717, 1.165) is 64.6 Å². The summed E-state index contributed by atoms with van der Waals surface area (Å²) < 4.78 is 11.1. The van der Waals surface area contributed by atoms with Crippen molar-refractivity contribution >= 4 is 5.96 Å². The van der Waals surface area contributed by atoms with Crippen LogP contribution >= 0.6 is 0 Å². The highest BCUT2D eigenvalue weighted by atomic mass is 16.5. The molecule has 1 N–H and O–H groups in total. The molecule has 0 amide bonds. The van der Waals surface area contributed by atoms with Crippen LogP contribution in [-0.4, -0.2) is 63.5 Å². The Balaban J connectivity index is 1.55. The zero-order valence-electron chi connectivity index (χ0n) is 17.9. The van der Waals surface area contributed by atoms with Crippen LogP contribution < -0.4 is 5.32 Å². The SMILES string of the molecule is CCNC(=NCC1(c2ccccc2C)CC1)N1CCC(OCCCOC)CC1. The second kappa shape index (κ2) is 10.3. The molecule has 0 bridgehead atoms. The number of aryl methyl sites for hydroxylation is 1. The van der Waals surface area contributed by atoms with E-state index in [1.165, 1.54) is 24.0 Å². The lowest BCUT2D eigenvalue weighted by Crippen LogP contribution is -2.47. The van der Waals surface area contributed by atoms with Gasteiger partial charge in [0.1, 0.15) is 0 Å². The van der Waals surface area contributed by atoms with Gasteiger partial charge in [-0.25, -0.2) is 0 Å². The zero-order valence-corrected chi connectivity index (χ0v) is 17.9. The fourth-order valence-electron chi connectivity index (χ4n) is 4.17. The maximum Gasteiger partial charge on any atom is 0.193 e. The first kappa shape index (κ1) is 21.1. The van der Waals surface area contributed by atoms with Crippen molar-refractivity contribution in [3.8, 4) is 0 Å². The Morgan fingerprint density at radius 3 is 2.61 bits per heavy atom. The molecule has 1 aromatic rings. The normalized spacial score (nSPS) is 19.7. The van der Waals surface area contributed by atoms with Crippen molar-refractivity contribution in [2.45, 2.75) is 57.5 Å². The summed E-state index contributed by atoms with van der Waals surface area (Å²) in [6.07, 6.45) is 5.98. The largest absolute Gasteiger partial charge is 0.385 e. The second-order valence-corrected chi connectivity index (χ2v) is 8.17. The van der Waals surface area contributed by atoms with E-state index < -0.39 is 0 Å². The summed E-state index contributed by atoms with van der Waals surface area (Å²) >= 11 is 0. The molecule has 0 aromatic heterocycles. The molecule has 1 saturated carbocycles. The number of rotatable bonds is 9. The zero-order chi connectivity index (χ0) is 19.8. The van der Waals surface area contributed by atoms with E-state index in [1.807, 2.05) is 0 Å². The lowest BCUT2D eigenvalue weighted by Gasteiger charge is -2.34. The average Bonchev–Trinajstić information content (AvgIpc) is 3.50. The summed E-state index contributed by atoms with van der Waals surface area (Å²) in [5, 5.41) is 3.51. The van der Waals surface area contributed by atoms with Gasteiger partial charge in [-0.1, -0.05) is 24.3 Å². The molecule has 1 saturated heterocycles. The molecule has 1 heterocycles. The molecule has 0 radical (unpaired) electrons. The molecule has 5 heteroatoms. The third kappa shape index (κ3) is 5.48. The van der Waals surface area contributed by atoms with Gasteiger partial charge < -0.3 is 19.7 Å². The van der Waals surface area contributed by atoms with Crippen LogP contribution in [0.1, 0.15) is 50.2 Å². The molecule has 1 aliphatic heterocycles. The molecule has 156 valence electrons. The first-order valence-corrected chi connectivity index (χ1v) is 10.9. The van der Waals surface area contributed by atoms with Gasteiger partial charge in [0.25, 0.3) is 0 Å². The van der Waals surface area contributed by atoms with Crippen molar-refractivity contribution < 1.29 is 9.47 Å². The number of guanidine groups is 1. The van der Waals surface area contributed by atoms with Gasteiger partial charge in [-0.05, 0) is 57.1 Å². The van der Waals surface area contributed by atoms with E-state index in [1.54, 1.807) is 7.11 Å². The minimum atomic E-state index is 0.259. The van der Waals surface area contributed by atoms with Gasteiger partial charge >= 0.3 is 0 Å². The molecule has 3 rings (SSSR count). The topological polar surface area (TPSA) is 46.1 Å². The molecular formula is C23H37N3O2. The third-order valence-electron chi connectivity index (χ3n) is 6.02. The Labute approximate surface area is 170 Å². The Hall–Kier alpha value is -1.59. The fraction of sp³-hybridized carbons (Fsp3) is 0.696. The second-order valence-electron chi connectivity index (χ2n) is 8.17. The Bertz CT molecular complexity index is 634. The quantitative estimate of drug-likeness (QED) is 0.400. The highest BCUT2D eigenvalue weighted by Gasteiger charge is 2.45. The summed E-state index contributed by atoms with van der Waals surface area (Å²) in [4.78, 5) is 7.48. The Morgan fingerprint density at radius 1 is 1.21 bits per heavy atom. The minimum absolute atomic E-state index is 0.259. The molecule has 0 spiro atoms. The van der Waals surface area contributed by atoms with Gasteiger partial charge in [0.15, 0.2) is 5.96 Å². The summed E-state index contributed by atoms with van der Waals surface area (Å²) in [7, 11) is 1.74. The van der Waals surface area contributed by atoms with Crippen molar-refractivity contribution in [1.82, 2.24) is 10.2 Å². The van der Waals surface area contributed by atoms with Crippen LogP contribution in [0.3, 0.4) is 0 Å². The highest BCUT2D eigenvalue weighted by molar-refractivity contribution is 5.80. The molecule has 2 fully saturated rings. The van der Waals surface area contributed by atoms with Crippen LogP contribution in [-0.2, 0) is 14.9 Å². The first-order valence-electron chi connectivity index (χ1n) is 10.9. The number of nitrogens with one attached hydrogen (secondary N) is 1. The van der Waals surface area contributed by atoms with Gasteiger partial charge in [-0.15, -0.1) is 0 Å². The number of hydrogen-bond donors (Lipinski definition) is 1. The standard InChI is InChI=1S/C23H37N3O2/c1-4-24-22(26-14-10-20(11-15-26)28-17-7-16-27-3)25-18-23(12-13-23)21-9-6-5-8-19(21)2/h5-6,8-9,20H,4,7,10-18H2,1-3H3,(H,24,25). The van der Waals surface area contributed by atoms with Gasteiger partial charge in [0.2, 0.25) is 0 Å². The number of hydrogen-bond acceptors (Lipinski definition) is 3. The number of likely N-dealkylation sites (tertiary alicyclic amines) is 1. The predicted molar refractivity (Wildman–Crippen MR) is 115 cm³/mol. The highest BCUT2D eigenvalue weighted by Crippen LogP contribution is 2.49. The monoisotopic (exact) mass is 387 g/mol. The van der Waals surface area contributed by atoms with E-state index >= 15 is 0 Å². The summed E-state index contributed by atoms with van der Waals surface area (Å²) in [5.74, 6) is 1.07. The molecular weight excluding hydrogens is 350 g/mol. The third-order valence-corrected chi connectivity index (χ3v) is 6.02. The number of nitrogens with zero attached hydrogens (tertiary/aromatic N) is 2. The van der Waals surface area contributed by atoms with E-state index in [0.29, 0.717) is 6.10 Å². The summed E-state index contributed by atoms with van der Waals surface area (Å²) in [6.45, 7) is 9.76. The lowest BCUT2D eigenvalue weighted by atomic mass is 9.92. The van der Waals surface area contributed by atoms with Crippen molar-refractivity contribution in [3.63, 3.8) is 0 Å². The number of piperidine rings is 1. The molecule has 1 aliphatic carbocycles. The van der Waals surface area contributed by atoms with Crippen LogP contribution in [0.15, 0.2) is 29.3 Å². The molecule has 2 aliphatic rings. The van der Waals surface area contributed by atoms with Crippen LogP contribution in [0.2, 0.25) is 0 Å². The Kier molecular flexibility index (Phi) is 7.74. The van der Waals surface area contributed by atoms with Gasteiger partial charge in [-0.2, -0.15) is 0 Å². The molecule has 0 unspecified atom stereocenters. The summed E-state index contributed by atoms with van der Waals surface area (Å²) in [5.41, 5.74) is 3.14. The minimum Gasteiger partial charge on any atom is -0.385 e. The van der Waals surface area contributed by atoms with Crippen LogP contribution in [0.5, 0.6) is 0 Å². The summed E-state index contributed by atoms with van der Waals surface area (Å²) in [6, 6.07) is 8.80. The van der Waals surface area contributed by atoms with E-state index in [4.69, 9.17) is 14.5 Å². The predicted octanol–water partition coefficient (Wildman–Crippen LogP) is 3.51. The van der Waals surface area contributed by atoms with Crippen molar-refractivity contribution in [1.29, 1.82) is 0 Å². The van der Waals surface area contributed by atoms with Crippen LogP contribution in [0, 0.1) is 6.92 Å². The maximum atomic E-state index is 6.00. The molecule has 0 atom stereocenters. The average molecular weight is 388 g/mol. The fourth-order valence-corrected chi connectivity index (χ4v) is 4.17. The van der Waals surface area contributed by atoms with Crippen LogP contribution in [0.4, 0.5) is 0 Å². The Morgan fingerprint density at radius 2 is 1.96 bits per heavy atom. The molecule has 1 aromatic carbocycles. The van der Waals surface area contributed by atoms with Gasteiger partial charge in [0, 0.05) is 45.4 Å². The van der Waals surface area contributed by atoms with Crippen molar-refractivity contribution in [3.05, 3.63) is 35.4 Å². The molecule has 5 nitrogen and oxygen atoms in total. The maximum absolute atomic E-state index is 6.00. The van der Waals surface area contributed by atoms with E-state index in [-0.39, 0.29) is 5.41 Å². The lowest BCUT2D eigenvalue weighted by molar-refractivity contribution is 0.00990. The number of benzene rings is 1. The number of aliphatic imine (C=N–C) groups is 1. The van der Waals surface area contributed by atoms with Gasteiger partial charge in [0.05, 0.1) is 12.6 Å². The van der Waals surface area contributed by atoms with E-state index in [2.05, 4.69) is 48.3 Å². The van der Waals surface area contributed by atoms with Crippen molar-refractivity contribution in [2.24, 2.45) is 4.99 Å².